The van der Waals surface area contributed by atoms with Gasteiger partial charge in [-0.15, -0.1) is 0 Å². The molecule has 1 atom stereocenters. The first-order chi connectivity index (χ1) is 10.3. The Labute approximate surface area is 126 Å². The first kappa shape index (κ1) is 15.9. The largest absolute Gasteiger partial charge is 0.469 e. The summed E-state index contributed by atoms with van der Waals surface area (Å²) in [7, 11) is 0. The number of carbonyl (C=O) groups excluding carboxylic acids is 1. The third-order valence-electron chi connectivity index (χ3n) is 4.01. The number of aliphatic hydroxyl groups excluding tert-OH is 1. The first-order valence-corrected chi connectivity index (χ1v) is 7.95. The fourth-order valence-electron chi connectivity index (χ4n) is 2.71. The topological polar surface area (TPSA) is 65.7 Å². The summed E-state index contributed by atoms with van der Waals surface area (Å²) in [4.78, 5) is 14.1. The molecule has 2 rings (SSSR count). The molecule has 0 radical (unpaired) electrons. The molecule has 5 heteroatoms. The van der Waals surface area contributed by atoms with Crippen molar-refractivity contribution in [2.75, 3.05) is 26.2 Å². The van der Waals surface area contributed by atoms with Gasteiger partial charge in [-0.3, -0.25) is 0 Å². The smallest absolute Gasteiger partial charge is 0.317 e. The van der Waals surface area contributed by atoms with Crippen LogP contribution in [0.2, 0.25) is 0 Å². The fraction of sp³-hybridized carbons (Fsp3) is 0.688. The Kier molecular flexibility index (Phi) is 6.60. The van der Waals surface area contributed by atoms with Gasteiger partial charge in [0.15, 0.2) is 0 Å². The molecular weight excluding hydrogens is 268 g/mol. The highest BCUT2D eigenvalue weighted by molar-refractivity contribution is 5.74. The zero-order valence-corrected chi connectivity index (χ0v) is 12.6. The third-order valence-corrected chi connectivity index (χ3v) is 4.01. The van der Waals surface area contributed by atoms with Crippen molar-refractivity contribution in [2.24, 2.45) is 5.92 Å². The van der Waals surface area contributed by atoms with E-state index < -0.39 is 0 Å². The molecule has 118 valence electrons. The highest BCUT2D eigenvalue weighted by atomic mass is 16.3. The van der Waals surface area contributed by atoms with E-state index in [0.717, 1.165) is 31.7 Å². The number of furan rings is 1. The van der Waals surface area contributed by atoms with Gasteiger partial charge in [0, 0.05) is 38.6 Å². The van der Waals surface area contributed by atoms with Crippen LogP contribution in [0.4, 0.5) is 4.79 Å². The summed E-state index contributed by atoms with van der Waals surface area (Å²) in [6, 6.07) is 3.72. The molecule has 1 aliphatic rings. The zero-order valence-electron chi connectivity index (χ0n) is 12.6. The lowest BCUT2D eigenvalue weighted by molar-refractivity contribution is 0.181. The van der Waals surface area contributed by atoms with E-state index in [-0.39, 0.29) is 18.6 Å². The van der Waals surface area contributed by atoms with E-state index in [2.05, 4.69) is 5.32 Å². The molecule has 2 heterocycles. The van der Waals surface area contributed by atoms with Crippen LogP contribution in [0.15, 0.2) is 22.8 Å². The lowest BCUT2D eigenvalue weighted by atomic mass is 10.1. The molecule has 0 spiro atoms. The highest BCUT2D eigenvalue weighted by Crippen LogP contribution is 2.11. The summed E-state index contributed by atoms with van der Waals surface area (Å²) >= 11 is 0. The maximum atomic E-state index is 12.2. The molecule has 2 amide bonds. The summed E-state index contributed by atoms with van der Waals surface area (Å²) in [6.45, 7) is 2.20. The number of urea groups is 1. The van der Waals surface area contributed by atoms with Gasteiger partial charge in [0.05, 0.1) is 6.26 Å². The maximum absolute atomic E-state index is 12.2. The van der Waals surface area contributed by atoms with Crippen molar-refractivity contribution in [1.29, 1.82) is 0 Å². The Morgan fingerprint density at radius 1 is 1.29 bits per heavy atom. The molecule has 0 aliphatic carbocycles. The van der Waals surface area contributed by atoms with Crippen LogP contribution in [0.3, 0.4) is 0 Å². The van der Waals surface area contributed by atoms with E-state index in [1.807, 2.05) is 17.0 Å². The van der Waals surface area contributed by atoms with E-state index >= 15 is 0 Å². The van der Waals surface area contributed by atoms with Gasteiger partial charge >= 0.3 is 6.03 Å². The molecular formula is C16H26N2O3. The van der Waals surface area contributed by atoms with Crippen molar-refractivity contribution in [3.8, 4) is 0 Å². The number of aliphatic hydroxyl groups is 1. The van der Waals surface area contributed by atoms with Crippen LogP contribution in [0.1, 0.15) is 37.9 Å². The minimum absolute atomic E-state index is 0.00476. The summed E-state index contributed by atoms with van der Waals surface area (Å²) in [6.07, 6.45) is 8.15. The Morgan fingerprint density at radius 3 is 2.62 bits per heavy atom. The molecule has 2 N–H and O–H groups in total. The minimum atomic E-state index is -0.00482. The normalized spacial score (nSPS) is 17.9. The van der Waals surface area contributed by atoms with Crippen molar-refractivity contribution in [3.63, 3.8) is 0 Å². The van der Waals surface area contributed by atoms with Crippen LogP contribution in [-0.4, -0.2) is 42.3 Å². The molecule has 1 aliphatic heterocycles. The highest BCUT2D eigenvalue weighted by Gasteiger charge is 2.17. The lowest BCUT2D eigenvalue weighted by Crippen LogP contribution is -2.43. The van der Waals surface area contributed by atoms with Gasteiger partial charge < -0.3 is 19.7 Å². The number of likely N-dealkylation sites (tertiary alicyclic amines) is 1. The van der Waals surface area contributed by atoms with Crippen LogP contribution in [0, 0.1) is 5.92 Å². The Bertz CT molecular complexity index is 398. The molecule has 1 saturated heterocycles. The van der Waals surface area contributed by atoms with Crippen molar-refractivity contribution >= 4 is 6.03 Å². The monoisotopic (exact) mass is 294 g/mol. The molecule has 1 fully saturated rings. The average Bonchev–Trinajstić information content (AvgIpc) is 2.95. The number of carbonyl (C=O) groups is 1. The van der Waals surface area contributed by atoms with Crippen LogP contribution in [-0.2, 0) is 6.42 Å². The molecule has 0 aromatic carbocycles. The van der Waals surface area contributed by atoms with Crippen LogP contribution in [0.25, 0.3) is 0 Å². The van der Waals surface area contributed by atoms with Gasteiger partial charge in [-0.05, 0) is 25.0 Å². The fourth-order valence-corrected chi connectivity index (χ4v) is 2.71. The summed E-state index contributed by atoms with van der Waals surface area (Å²) in [5, 5.41) is 12.4. The Balaban J connectivity index is 1.75. The number of nitrogens with zero attached hydrogens (tertiary/aromatic N) is 1. The van der Waals surface area contributed by atoms with Gasteiger partial charge in [0.2, 0.25) is 0 Å². The van der Waals surface area contributed by atoms with Crippen LogP contribution < -0.4 is 5.32 Å². The quantitative estimate of drug-likeness (QED) is 0.876. The van der Waals surface area contributed by atoms with Gasteiger partial charge in [0.25, 0.3) is 0 Å². The maximum Gasteiger partial charge on any atom is 0.317 e. The Morgan fingerprint density at radius 2 is 2.00 bits per heavy atom. The molecule has 0 saturated carbocycles. The molecule has 21 heavy (non-hydrogen) atoms. The van der Waals surface area contributed by atoms with Crippen molar-refractivity contribution in [3.05, 3.63) is 24.2 Å². The van der Waals surface area contributed by atoms with Crippen molar-refractivity contribution in [2.45, 2.75) is 38.5 Å². The number of amides is 2. The van der Waals surface area contributed by atoms with Gasteiger partial charge in [0.1, 0.15) is 5.76 Å². The van der Waals surface area contributed by atoms with E-state index in [9.17, 15) is 9.90 Å². The second-order valence-electron chi connectivity index (χ2n) is 5.77. The Hall–Kier alpha value is -1.49. The molecule has 5 nitrogen and oxygen atoms in total. The second kappa shape index (κ2) is 8.72. The van der Waals surface area contributed by atoms with E-state index in [1.54, 1.807) is 6.26 Å². The first-order valence-electron chi connectivity index (χ1n) is 7.95. The number of nitrogens with one attached hydrogen (secondary N) is 1. The van der Waals surface area contributed by atoms with Crippen molar-refractivity contribution in [1.82, 2.24) is 10.2 Å². The van der Waals surface area contributed by atoms with E-state index in [4.69, 9.17) is 4.42 Å². The minimum Gasteiger partial charge on any atom is -0.469 e. The average molecular weight is 294 g/mol. The van der Waals surface area contributed by atoms with Gasteiger partial charge in [-0.1, -0.05) is 19.3 Å². The number of hydrogen-bond acceptors (Lipinski definition) is 3. The molecule has 1 aromatic rings. The zero-order chi connectivity index (χ0) is 14.9. The second-order valence-corrected chi connectivity index (χ2v) is 5.77. The summed E-state index contributed by atoms with van der Waals surface area (Å²) in [5.41, 5.74) is 0. The molecule has 1 aromatic heterocycles. The predicted molar refractivity (Wildman–Crippen MR) is 81.0 cm³/mol. The van der Waals surface area contributed by atoms with E-state index in [1.165, 1.54) is 19.3 Å². The number of hydrogen-bond donors (Lipinski definition) is 2. The standard InChI is InChI=1S/C16H26N2O3/c19-13-14(11-15-7-6-10-21-15)12-17-16(20)18-8-4-2-1-3-5-9-18/h6-7,10,14,19H,1-5,8-9,11-13H2,(H,17,20). The molecule has 1 unspecified atom stereocenters. The lowest BCUT2D eigenvalue weighted by Gasteiger charge is -2.26. The van der Waals surface area contributed by atoms with Crippen LogP contribution >= 0.6 is 0 Å². The predicted octanol–water partition coefficient (Wildman–Crippen LogP) is 2.41. The van der Waals surface area contributed by atoms with Gasteiger partial charge in [-0.25, -0.2) is 4.79 Å². The van der Waals surface area contributed by atoms with E-state index in [0.29, 0.717) is 13.0 Å². The SMILES string of the molecule is O=C(NCC(CO)Cc1ccco1)N1CCCCCCC1. The third kappa shape index (κ3) is 5.42. The summed E-state index contributed by atoms with van der Waals surface area (Å²) < 4.78 is 5.29. The van der Waals surface area contributed by atoms with Crippen LogP contribution in [0.5, 0.6) is 0 Å². The summed E-state index contributed by atoms with van der Waals surface area (Å²) in [5.74, 6) is 0.837. The number of rotatable bonds is 5. The molecule has 0 bridgehead atoms. The van der Waals surface area contributed by atoms with Crippen molar-refractivity contribution < 1.29 is 14.3 Å². The van der Waals surface area contributed by atoms with Gasteiger partial charge in [-0.2, -0.15) is 0 Å².